The molecule has 0 saturated heterocycles. The van der Waals surface area contributed by atoms with E-state index >= 15 is 0 Å². The van der Waals surface area contributed by atoms with E-state index in [4.69, 9.17) is 9.47 Å². The third kappa shape index (κ3) is 3.49. The summed E-state index contributed by atoms with van der Waals surface area (Å²) in [5.41, 5.74) is 3.00. The maximum absolute atomic E-state index is 13.8. The van der Waals surface area contributed by atoms with Crippen LogP contribution in [0.15, 0.2) is 71.5 Å². The molecule has 1 aliphatic rings. The number of carbonyl (C=O) groups is 1. The Labute approximate surface area is 191 Å². The molecule has 0 bridgehead atoms. The smallest absolute Gasteiger partial charge is 0.263 e. The molecule has 0 amide bonds. The first-order valence-corrected chi connectivity index (χ1v) is 10.8. The van der Waals surface area contributed by atoms with Gasteiger partial charge in [0.15, 0.2) is 5.78 Å². The van der Waals surface area contributed by atoms with Crippen molar-refractivity contribution in [2.75, 3.05) is 34.4 Å². The molecule has 6 nitrogen and oxygen atoms in total. The van der Waals surface area contributed by atoms with Gasteiger partial charge in [0, 0.05) is 28.7 Å². The normalized spacial score (nSPS) is 12.2. The highest BCUT2D eigenvalue weighted by atomic mass is 16.5. The van der Waals surface area contributed by atoms with Crippen LogP contribution in [-0.4, -0.2) is 49.6 Å². The quantitative estimate of drug-likeness (QED) is 0.397. The summed E-state index contributed by atoms with van der Waals surface area (Å²) in [4.78, 5) is 29.2. The fourth-order valence-electron chi connectivity index (χ4n) is 4.30. The first-order chi connectivity index (χ1) is 16.0. The van der Waals surface area contributed by atoms with Gasteiger partial charge in [-0.1, -0.05) is 24.3 Å². The number of carbonyl (C=O) groups excluding carboxylic acids is 1. The van der Waals surface area contributed by atoms with Crippen LogP contribution in [0.25, 0.3) is 27.7 Å². The number of rotatable bonds is 6. The number of benzene rings is 3. The van der Waals surface area contributed by atoms with Crippen molar-refractivity contribution in [1.29, 1.82) is 0 Å². The van der Waals surface area contributed by atoms with Crippen molar-refractivity contribution in [3.63, 3.8) is 0 Å². The Hall–Kier alpha value is -3.90. The summed E-state index contributed by atoms with van der Waals surface area (Å²) in [5, 5.41) is 1.08. The molecule has 0 spiro atoms. The lowest BCUT2D eigenvalue weighted by Crippen LogP contribution is -2.22. The van der Waals surface area contributed by atoms with Crippen molar-refractivity contribution in [3.05, 3.63) is 88.2 Å². The Balaban J connectivity index is 1.72. The van der Waals surface area contributed by atoms with Crippen molar-refractivity contribution in [3.8, 4) is 28.4 Å². The summed E-state index contributed by atoms with van der Waals surface area (Å²) in [7, 11) is 5.55. The monoisotopic (exact) mass is 440 g/mol. The van der Waals surface area contributed by atoms with Crippen molar-refractivity contribution in [2.45, 2.75) is 0 Å². The molecule has 0 radical (unpaired) electrons. The van der Waals surface area contributed by atoms with Gasteiger partial charge in [-0.3, -0.25) is 14.2 Å². The minimum atomic E-state index is -0.201. The average molecular weight is 440 g/mol. The molecule has 33 heavy (non-hydrogen) atoms. The fraction of sp³-hybridized carbons (Fsp3) is 0.185. The molecule has 166 valence electrons. The molecule has 0 N–H and O–H groups in total. The molecule has 0 saturated carbocycles. The van der Waals surface area contributed by atoms with E-state index < -0.39 is 0 Å². The zero-order chi connectivity index (χ0) is 23.1. The molecule has 0 atom stereocenters. The van der Waals surface area contributed by atoms with E-state index in [9.17, 15) is 9.59 Å². The zero-order valence-electron chi connectivity index (χ0n) is 18.8. The fourth-order valence-corrected chi connectivity index (χ4v) is 4.30. The van der Waals surface area contributed by atoms with Gasteiger partial charge >= 0.3 is 0 Å². The topological polar surface area (TPSA) is 60.8 Å². The first kappa shape index (κ1) is 21.0. The Morgan fingerprint density at radius 1 is 0.848 bits per heavy atom. The summed E-state index contributed by atoms with van der Waals surface area (Å²) in [6.45, 7) is 1.37. The third-order valence-electron chi connectivity index (χ3n) is 5.95. The van der Waals surface area contributed by atoms with E-state index in [1.54, 1.807) is 29.9 Å². The van der Waals surface area contributed by atoms with Crippen LogP contribution in [0, 0.1) is 0 Å². The van der Waals surface area contributed by atoms with Crippen molar-refractivity contribution in [2.24, 2.45) is 0 Å². The zero-order valence-corrected chi connectivity index (χ0v) is 18.8. The highest BCUT2D eigenvalue weighted by Crippen LogP contribution is 2.40. The molecule has 1 aromatic heterocycles. The van der Waals surface area contributed by atoms with E-state index in [2.05, 4.69) is 4.90 Å². The Morgan fingerprint density at radius 2 is 1.55 bits per heavy atom. The minimum absolute atomic E-state index is 0.0758. The van der Waals surface area contributed by atoms with E-state index in [0.29, 0.717) is 45.6 Å². The number of nitrogens with zero attached hydrogens (tertiary/aromatic N) is 2. The summed E-state index contributed by atoms with van der Waals surface area (Å²) >= 11 is 0. The van der Waals surface area contributed by atoms with Crippen LogP contribution in [0.4, 0.5) is 0 Å². The predicted molar refractivity (Wildman–Crippen MR) is 129 cm³/mol. The van der Waals surface area contributed by atoms with E-state index in [0.717, 1.165) is 17.9 Å². The van der Waals surface area contributed by atoms with E-state index in [1.165, 1.54) is 0 Å². The van der Waals surface area contributed by atoms with Gasteiger partial charge in [0.2, 0.25) is 0 Å². The number of likely N-dealkylation sites (N-methyl/N-ethyl adjacent to an activating group) is 1. The van der Waals surface area contributed by atoms with Gasteiger partial charge in [0.05, 0.1) is 23.8 Å². The van der Waals surface area contributed by atoms with Crippen LogP contribution in [0.2, 0.25) is 0 Å². The predicted octanol–water partition coefficient (Wildman–Crippen LogP) is 4.15. The molecular formula is C27H24N2O4. The first-order valence-electron chi connectivity index (χ1n) is 10.8. The number of aromatic nitrogens is 1. The average Bonchev–Trinajstić information content (AvgIpc) is 3.12. The van der Waals surface area contributed by atoms with Crippen LogP contribution in [-0.2, 0) is 0 Å². The Morgan fingerprint density at radius 3 is 2.24 bits per heavy atom. The number of ketones is 1. The van der Waals surface area contributed by atoms with Crippen molar-refractivity contribution >= 4 is 16.6 Å². The van der Waals surface area contributed by atoms with Crippen LogP contribution < -0.4 is 15.0 Å². The van der Waals surface area contributed by atoms with Gasteiger partial charge in [-0.05, 0) is 56.6 Å². The lowest BCUT2D eigenvalue weighted by Gasteiger charge is -2.16. The van der Waals surface area contributed by atoms with Gasteiger partial charge < -0.3 is 14.4 Å². The largest absolute Gasteiger partial charge is 0.497 e. The Bertz CT molecular complexity index is 1440. The van der Waals surface area contributed by atoms with Crippen LogP contribution >= 0.6 is 0 Å². The molecule has 1 heterocycles. The van der Waals surface area contributed by atoms with E-state index in [-0.39, 0.29) is 11.3 Å². The standard InChI is InChI=1S/C27H24N2O4/c1-28(2)14-15-33-18-10-8-17(9-11-18)29-25-21-6-4-5-7-22(21)26(30)24(25)20-13-12-19(32-3)16-23(20)27(29)31/h4-13,16H,14-15H2,1-3H3. The number of fused-ring (bicyclic) bond motifs is 5. The van der Waals surface area contributed by atoms with Gasteiger partial charge in [0.1, 0.15) is 18.1 Å². The molecule has 6 heteroatoms. The van der Waals surface area contributed by atoms with Crippen molar-refractivity contribution in [1.82, 2.24) is 9.47 Å². The molecule has 0 aliphatic heterocycles. The second-order valence-corrected chi connectivity index (χ2v) is 8.30. The maximum Gasteiger partial charge on any atom is 0.263 e. The van der Waals surface area contributed by atoms with Gasteiger partial charge in [-0.25, -0.2) is 0 Å². The van der Waals surface area contributed by atoms with Gasteiger partial charge in [-0.2, -0.15) is 0 Å². The summed E-state index contributed by atoms with van der Waals surface area (Å²) < 4.78 is 12.8. The number of ether oxygens (including phenoxy) is 2. The molecule has 0 unspecified atom stereocenters. The lowest BCUT2D eigenvalue weighted by molar-refractivity contribution is 0.104. The Kier molecular flexibility index (Phi) is 5.23. The lowest BCUT2D eigenvalue weighted by atomic mass is 10.0. The molecule has 5 rings (SSSR count). The summed E-state index contributed by atoms with van der Waals surface area (Å²) in [6.07, 6.45) is 0. The number of methoxy groups -OCH3 is 1. The van der Waals surface area contributed by atoms with Crippen LogP contribution in [0.5, 0.6) is 11.5 Å². The molecule has 3 aromatic carbocycles. The summed E-state index contributed by atoms with van der Waals surface area (Å²) in [5.74, 6) is 1.22. The highest BCUT2D eigenvalue weighted by Gasteiger charge is 2.33. The second-order valence-electron chi connectivity index (χ2n) is 8.30. The van der Waals surface area contributed by atoms with Crippen LogP contribution in [0.3, 0.4) is 0 Å². The van der Waals surface area contributed by atoms with E-state index in [1.807, 2.05) is 62.6 Å². The molecule has 0 fully saturated rings. The molecule has 1 aliphatic carbocycles. The van der Waals surface area contributed by atoms with Gasteiger partial charge in [0.25, 0.3) is 5.56 Å². The highest BCUT2D eigenvalue weighted by molar-refractivity contribution is 6.26. The van der Waals surface area contributed by atoms with Crippen LogP contribution in [0.1, 0.15) is 15.9 Å². The summed E-state index contributed by atoms with van der Waals surface area (Å²) in [6, 6.07) is 20.1. The molecular weight excluding hydrogens is 416 g/mol. The minimum Gasteiger partial charge on any atom is -0.497 e. The number of hydrogen-bond donors (Lipinski definition) is 0. The number of pyridine rings is 1. The second kappa shape index (κ2) is 8.22. The van der Waals surface area contributed by atoms with Gasteiger partial charge in [-0.15, -0.1) is 0 Å². The molecule has 4 aromatic rings. The third-order valence-corrected chi connectivity index (χ3v) is 5.95. The number of hydrogen-bond acceptors (Lipinski definition) is 5. The van der Waals surface area contributed by atoms with Crippen molar-refractivity contribution < 1.29 is 14.3 Å². The SMILES string of the molecule is COc1ccc2c3c(n(-c4ccc(OCCN(C)C)cc4)c(=O)c2c1)-c1ccccc1C3=O. The maximum atomic E-state index is 13.8.